The molecule has 0 bridgehead atoms. The zero-order valence-corrected chi connectivity index (χ0v) is 7.61. The third-order valence-electron chi connectivity index (χ3n) is 1.57. The summed E-state index contributed by atoms with van der Waals surface area (Å²) in [6.07, 6.45) is -1.62. The van der Waals surface area contributed by atoms with Gasteiger partial charge in [0.05, 0.1) is 5.02 Å². The zero-order valence-electron chi connectivity index (χ0n) is 6.85. The van der Waals surface area contributed by atoms with Crippen molar-refractivity contribution in [2.75, 3.05) is 0 Å². The lowest BCUT2D eigenvalue weighted by Gasteiger charge is -2.01. The first kappa shape index (κ1) is 10.1. The SMILES string of the molecule is CC(F)C(=O)c1ccc(Cl)c(F)c1. The van der Waals surface area contributed by atoms with Gasteiger partial charge in [-0.15, -0.1) is 0 Å². The van der Waals surface area contributed by atoms with Gasteiger partial charge in [-0.2, -0.15) is 0 Å². The van der Waals surface area contributed by atoms with E-state index in [9.17, 15) is 13.6 Å². The zero-order chi connectivity index (χ0) is 10.0. The first-order valence-corrected chi connectivity index (χ1v) is 4.03. The molecule has 1 rings (SSSR count). The highest BCUT2D eigenvalue weighted by atomic mass is 35.5. The van der Waals surface area contributed by atoms with Crippen LogP contribution >= 0.6 is 11.6 Å². The summed E-state index contributed by atoms with van der Waals surface area (Å²) in [7, 11) is 0. The smallest absolute Gasteiger partial charge is 0.196 e. The maximum Gasteiger partial charge on any atom is 0.196 e. The number of halogens is 3. The predicted octanol–water partition coefficient (Wildman–Crippen LogP) is 3.02. The predicted molar refractivity (Wildman–Crippen MR) is 46.3 cm³/mol. The normalized spacial score (nSPS) is 12.6. The minimum atomic E-state index is -1.62. The summed E-state index contributed by atoms with van der Waals surface area (Å²) < 4.78 is 25.3. The standard InChI is InChI=1S/C9H7ClF2O/c1-5(11)9(13)6-2-3-7(10)8(12)4-6/h2-5H,1H3. The maximum atomic E-state index is 12.8. The van der Waals surface area contributed by atoms with Crippen molar-refractivity contribution in [2.24, 2.45) is 0 Å². The molecule has 13 heavy (non-hydrogen) atoms. The topological polar surface area (TPSA) is 17.1 Å². The van der Waals surface area contributed by atoms with Gasteiger partial charge in [0.25, 0.3) is 0 Å². The number of ketones is 1. The van der Waals surface area contributed by atoms with Crippen LogP contribution in [0.2, 0.25) is 5.02 Å². The molecule has 1 atom stereocenters. The Kier molecular flexibility index (Phi) is 2.98. The van der Waals surface area contributed by atoms with E-state index < -0.39 is 17.8 Å². The Balaban J connectivity index is 3.04. The molecule has 4 heteroatoms. The van der Waals surface area contributed by atoms with Crippen LogP contribution in [-0.4, -0.2) is 12.0 Å². The van der Waals surface area contributed by atoms with E-state index in [-0.39, 0.29) is 10.6 Å². The Morgan fingerprint density at radius 1 is 1.54 bits per heavy atom. The summed E-state index contributed by atoms with van der Waals surface area (Å²) in [5.74, 6) is -1.45. The Bertz CT molecular complexity index is 336. The number of hydrogen-bond donors (Lipinski definition) is 0. The highest BCUT2D eigenvalue weighted by Crippen LogP contribution is 2.16. The number of alkyl halides is 1. The molecule has 1 nitrogen and oxygen atoms in total. The number of benzene rings is 1. The monoisotopic (exact) mass is 204 g/mol. The third kappa shape index (κ3) is 2.25. The molecule has 0 saturated carbocycles. The Labute approximate surface area is 79.3 Å². The van der Waals surface area contributed by atoms with Crippen LogP contribution in [-0.2, 0) is 0 Å². The minimum absolute atomic E-state index is 0.00287. The molecule has 1 aromatic rings. The van der Waals surface area contributed by atoms with Gasteiger partial charge >= 0.3 is 0 Å². The van der Waals surface area contributed by atoms with Crippen LogP contribution in [0.5, 0.6) is 0 Å². The second kappa shape index (κ2) is 3.83. The quantitative estimate of drug-likeness (QED) is 0.677. The van der Waals surface area contributed by atoms with Crippen LogP contribution < -0.4 is 0 Å². The van der Waals surface area contributed by atoms with Crippen molar-refractivity contribution in [3.8, 4) is 0 Å². The number of Topliss-reactive ketones (excluding diaryl/α,β-unsaturated/α-hetero) is 1. The van der Waals surface area contributed by atoms with E-state index in [1.54, 1.807) is 0 Å². The van der Waals surface area contributed by atoms with Gasteiger partial charge in [-0.3, -0.25) is 4.79 Å². The first-order valence-electron chi connectivity index (χ1n) is 3.65. The van der Waals surface area contributed by atoms with Crippen molar-refractivity contribution < 1.29 is 13.6 Å². The van der Waals surface area contributed by atoms with Crippen molar-refractivity contribution in [3.63, 3.8) is 0 Å². The summed E-state index contributed by atoms with van der Waals surface area (Å²) in [5, 5.41) is -0.0805. The Morgan fingerprint density at radius 2 is 2.15 bits per heavy atom. The molecule has 70 valence electrons. The fourth-order valence-electron chi connectivity index (χ4n) is 0.879. The molecule has 0 aromatic heterocycles. The van der Waals surface area contributed by atoms with Crippen molar-refractivity contribution in [2.45, 2.75) is 13.1 Å². The van der Waals surface area contributed by atoms with E-state index in [1.807, 2.05) is 0 Å². The van der Waals surface area contributed by atoms with Gasteiger partial charge in [-0.05, 0) is 25.1 Å². The van der Waals surface area contributed by atoms with E-state index in [4.69, 9.17) is 11.6 Å². The van der Waals surface area contributed by atoms with Gasteiger partial charge in [0.1, 0.15) is 5.82 Å². The number of carbonyl (C=O) groups is 1. The van der Waals surface area contributed by atoms with Gasteiger partial charge in [-0.25, -0.2) is 8.78 Å². The second-order valence-electron chi connectivity index (χ2n) is 2.61. The van der Waals surface area contributed by atoms with Gasteiger partial charge in [-0.1, -0.05) is 11.6 Å². The second-order valence-corrected chi connectivity index (χ2v) is 3.02. The van der Waals surface area contributed by atoms with Gasteiger partial charge < -0.3 is 0 Å². The molecule has 1 unspecified atom stereocenters. The molecule has 0 fully saturated rings. The van der Waals surface area contributed by atoms with E-state index in [0.717, 1.165) is 13.0 Å². The summed E-state index contributed by atoms with van der Waals surface area (Å²) in [5.41, 5.74) is -0.00287. The Morgan fingerprint density at radius 3 is 2.62 bits per heavy atom. The van der Waals surface area contributed by atoms with Gasteiger partial charge in [0.2, 0.25) is 0 Å². The number of carbonyl (C=O) groups excluding carboxylic acids is 1. The molecule has 0 N–H and O–H groups in total. The highest BCUT2D eigenvalue weighted by Gasteiger charge is 2.14. The van der Waals surface area contributed by atoms with E-state index >= 15 is 0 Å². The average Bonchev–Trinajstić information content (AvgIpc) is 2.08. The number of rotatable bonds is 2. The minimum Gasteiger partial charge on any atom is -0.291 e. The molecule has 0 aliphatic heterocycles. The Hall–Kier alpha value is -0.960. The summed E-state index contributed by atoms with van der Waals surface area (Å²) >= 11 is 5.38. The van der Waals surface area contributed by atoms with E-state index in [2.05, 4.69) is 0 Å². The van der Waals surface area contributed by atoms with Crippen molar-refractivity contribution >= 4 is 17.4 Å². The number of hydrogen-bond acceptors (Lipinski definition) is 1. The van der Waals surface area contributed by atoms with Crippen molar-refractivity contribution in [1.82, 2.24) is 0 Å². The maximum absolute atomic E-state index is 12.8. The molecule has 1 aromatic carbocycles. The van der Waals surface area contributed by atoms with Crippen LogP contribution in [0.1, 0.15) is 17.3 Å². The highest BCUT2D eigenvalue weighted by molar-refractivity contribution is 6.30. The molecule has 0 heterocycles. The molecular weight excluding hydrogens is 198 g/mol. The molecule has 0 saturated heterocycles. The molecule has 0 aliphatic carbocycles. The van der Waals surface area contributed by atoms with Crippen LogP contribution in [0.25, 0.3) is 0 Å². The molecule has 0 amide bonds. The fourth-order valence-corrected chi connectivity index (χ4v) is 0.997. The first-order chi connectivity index (χ1) is 6.02. The summed E-state index contributed by atoms with van der Waals surface area (Å²) in [6.45, 7) is 1.11. The van der Waals surface area contributed by atoms with E-state index in [1.165, 1.54) is 12.1 Å². The van der Waals surface area contributed by atoms with E-state index in [0.29, 0.717) is 0 Å². The molecule has 0 radical (unpaired) electrons. The van der Waals surface area contributed by atoms with Crippen LogP contribution in [0.3, 0.4) is 0 Å². The van der Waals surface area contributed by atoms with Gasteiger partial charge in [0.15, 0.2) is 12.0 Å². The van der Waals surface area contributed by atoms with Crippen molar-refractivity contribution in [3.05, 3.63) is 34.6 Å². The largest absolute Gasteiger partial charge is 0.291 e. The molecule has 0 spiro atoms. The average molecular weight is 205 g/mol. The molecule has 0 aliphatic rings. The lowest BCUT2D eigenvalue weighted by Crippen LogP contribution is -2.11. The van der Waals surface area contributed by atoms with Crippen LogP contribution in [0.15, 0.2) is 18.2 Å². The van der Waals surface area contributed by atoms with Crippen molar-refractivity contribution in [1.29, 1.82) is 0 Å². The molecular formula is C9H7ClF2O. The summed E-state index contributed by atoms with van der Waals surface area (Å²) in [6, 6.07) is 3.46. The summed E-state index contributed by atoms with van der Waals surface area (Å²) in [4.78, 5) is 11.0. The van der Waals surface area contributed by atoms with Crippen LogP contribution in [0.4, 0.5) is 8.78 Å². The van der Waals surface area contributed by atoms with Crippen LogP contribution in [0, 0.1) is 5.82 Å². The lowest BCUT2D eigenvalue weighted by atomic mass is 10.1. The third-order valence-corrected chi connectivity index (χ3v) is 1.87. The van der Waals surface area contributed by atoms with Gasteiger partial charge in [0, 0.05) is 5.56 Å². The lowest BCUT2D eigenvalue weighted by molar-refractivity contribution is 0.0892. The fraction of sp³-hybridized carbons (Fsp3) is 0.222.